The molecule has 2 aromatic rings. The molecule has 0 aliphatic rings. The number of amides is 1. The Balaban J connectivity index is 2.27. The van der Waals surface area contributed by atoms with Crippen molar-refractivity contribution in [3.8, 4) is 17.6 Å². The third-order valence-corrected chi connectivity index (χ3v) is 4.41. The average molecular weight is 505 g/mol. The Morgan fingerprint density at radius 2 is 2.07 bits per heavy atom. The topological polar surface area (TPSA) is 114 Å². The van der Waals surface area contributed by atoms with Crippen LogP contribution in [-0.4, -0.2) is 24.5 Å². The van der Waals surface area contributed by atoms with Gasteiger partial charge < -0.3 is 14.8 Å². The first kappa shape index (κ1) is 21.9. The van der Waals surface area contributed by atoms with E-state index in [9.17, 15) is 20.2 Å². The summed E-state index contributed by atoms with van der Waals surface area (Å²) in [7, 11) is 1.49. The van der Waals surface area contributed by atoms with Crippen LogP contribution in [0.4, 0.5) is 11.4 Å². The summed E-state index contributed by atoms with van der Waals surface area (Å²) in [4.78, 5) is 22.6. The average Bonchev–Trinajstić information content (AvgIpc) is 2.71. The molecular weight excluding hydrogens is 489 g/mol. The van der Waals surface area contributed by atoms with Gasteiger partial charge in [0.1, 0.15) is 18.2 Å². The first-order valence-electron chi connectivity index (χ1n) is 8.18. The zero-order valence-corrected chi connectivity index (χ0v) is 17.5. The molecule has 0 aliphatic heterocycles. The Morgan fingerprint density at radius 3 is 2.62 bits per heavy atom. The van der Waals surface area contributed by atoms with Crippen LogP contribution in [0.3, 0.4) is 0 Å². The Bertz CT molecular complexity index is 1010. The van der Waals surface area contributed by atoms with Crippen LogP contribution >= 0.6 is 22.6 Å². The number of hydrogen-bond acceptors (Lipinski definition) is 6. The van der Waals surface area contributed by atoms with Crippen LogP contribution in [0.15, 0.2) is 54.6 Å². The molecule has 0 fully saturated rings. The van der Waals surface area contributed by atoms with Crippen LogP contribution < -0.4 is 14.8 Å². The van der Waals surface area contributed by atoms with Gasteiger partial charge in [-0.15, -0.1) is 0 Å². The van der Waals surface area contributed by atoms with Crippen molar-refractivity contribution >= 4 is 45.9 Å². The fourth-order valence-corrected chi connectivity index (χ4v) is 3.07. The summed E-state index contributed by atoms with van der Waals surface area (Å²) in [6.07, 6.45) is 3.03. The fourth-order valence-electron chi connectivity index (χ4n) is 2.29. The van der Waals surface area contributed by atoms with E-state index in [1.54, 1.807) is 18.2 Å². The molecular formula is C20H16IN3O5. The van der Waals surface area contributed by atoms with Crippen LogP contribution in [-0.2, 0) is 4.79 Å². The number of rotatable bonds is 8. The van der Waals surface area contributed by atoms with E-state index in [2.05, 4.69) is 34.5 Å². The van der Waals surface area contributed by atoms with Gasteiger partial charge in [0.25, 0.3) is 11.6 Å². The maximum absolute atomic E-state index is 12.4. The van der Waals surface area contributed by atoms with Gasteiger partial charge in [0.2, 0.25) is 0 Å². The summed E-state index contributed by atoms with van der Waals surface area (Å²) >= 11 is 2.07. The molecule has 0 bridgehead atoms. The summed E-state index contributed by atoms with van der Waals surface area (Å²) in [6, 6.07) is 10.6. The molecule has 0 aromatic heterocycles. The number of benzene rings is 2. The first-order valence-corrected chi connectivity index (χ1v) is 9.26. The SMILES string of the molecule is C=CCOc1c(I)cc(C=C(C#N)C(=O)Nc2ccc([N+](=O)[O-])cc2)cc1OC. The molecule has 0 heterocycles. The van der Waals surface area contributed by atoms with Gasteiger partial charge in [0.15, 0.2) is 11.5 Å². The number of nitriles is 1. The normalized spacial score (nSPS) is 10.6. The predicted molar refractivity (Wildman–Crippen MR) is 117 cm³/mol. The molecule has 148 valence electrons. The summed E-state index contributed by atoms with van der Waals surface area (Å²) in [6.45, 7) is 3.91. The molecule has 0 saturated heterocycles. The van der Waals surface area contributed by atoms with E-state index in [1.807, 2.05) is 6.07 Å². The quantitative estimate of drug-likeness (QED) is 0.143. The molecule has 2 aromatic carbocycles. The first-order chi connectivity index (χ1) is 13.9. The van der Waals surface area contributed by atoms with Crippen LogP contribution in [0.1, 0.15) is 5.56 Å². The van der Waals surface area contributed by atoms with Crippen LogP contribution in [0.5, 0.6) is 11.5 Å². The van der Waals surface area contributed by atoms with E-state index in [4.69, 9.17) is 9.47 Å². The molecule has 0 radical (unpaired) electrons. The minimum Gasteiger partial charge on any atom is -0.493 e. The van der Waals surface area contributed by atoms with E-state index >= 15 is 0 Å². The fraction of sp³-hybridized carbons (Fsp3) is 0.100. The lowest BCUT2D eigenvalue weighted by molar-refractivity contribution is -0.384. The van der Waals surface area contributed by atoms with E-state index in [0.717, 1.165) is 3.57 Å². The number of hydrogen-bond donors (Lipinski definition) is 1. The van der Waals surface area contributed by atoms with Gasteiger partial charge in [-0.1, -0.05) is 12.7 Å². The molecule has 0 saturated carbocycles. The van der Waals surface area contributed by atoms with Crippen molar-refractivity contribution in [3.05, 3.63) is 73.9 Å². The minimum absolute atomic E-state index is 0.0977. The summed E-state index contributed by atoms with van der Waals surface area (Å²) in [5.74, 6) is 0.361. The van der Waals surface area contributed by atoms with Crippen molar-refractivity contribution in [1.82, 2.24) is 0 Å². The number of carbonyl (C=O) groups is 1. The third-order valence-electron chi connectivity index (χ3n) is 3.61. The van der Waals surface area contributed by atoms with Gasteiger partial charge >= 0.3 is 0 Å². The van der Waals surface area contributed by atoms with Crippen molar-refractivity contribution in [2.24, 2.45) is 0 Å². The molecule has 29 heavy (non-hydrogen) atoms. The number of nitrogens with zero attached hydrogens (tertiary/aromatic N) is 2. The predicted octanol–water partition coefficient (Wildman–Crippen LogP) is 4.32. The lowest BCUT2D eigenvalue weighted by Gasteiger charge is -2.12. The Hall–Kier alpha value is -3.39. The van der Waals surface area contributed by atoms with Gasteiger partial charge in [-0.2, -0.15) is 5.26 Å². The summed E-state index contributed by atoms with van der Waals surface area (Å²) in [5, 5.41) is 22.6. The standard InChI is InChI=1S/C20H16IN3O5/c1-3-8-29-19-17(21)10-13(11-18(19)28-2)9-14(12-22)20(25)23-15-4-6-16(7-5-15)24(26)27/h3-7,9-11H,1,8H2,2H3,(H,23,25). The monoisotopic (exact) mass is 505 g/mol. The molecule has 0 unspecified atom stereocenters. The number of nitrogens with one attached hydrogen (secondary N) is 1. The molecule has 8 nitrogen and oxygen atoms in total. The van der Waals surface area contributed by atoms with Crippen LogP contribution in [0.25, 0.3) is 6.08 Å². The zero-order valence-electron chi connectivity index (χ0n) is 15.3. The maximum atomic E-state index is 12.4. The Labute approximate surface area is 180 Å². The maximum Gasteiger partial charge on any atom is 0.269 e. The smallest absolute Gasteiger partial charge is 0.269 e. The van der Waals surface area contributed by atoms with Crippen molar-refractivity contribution in [2.45, 2.75) is 0 Å². The largest absolute Gasteiger partial charge is 0.493 e. The van der Waals surface area contributed by atoms with Crippen LogP contribution in [0, 0.1) is 25.0 Å². The second kappa shape index (κ2) is 10.2. The summed E-state index contributed by atoms with van der Waals surface area (Å²) in [5.41, 5.74) is 0.676. The minimum atomic E-state index is -0.637. The van der Waals surface area contributed by atoms with Gasteiger partial charge in [0, 0.05) is 17.8 Å². The van der Waals surface area contributed by atoms with Gasteiger partial charge in [-0.25, -0.2) is 0 Å². The Kier molecular flexibility index (Phi) is 7.73. The number of carbonyl (C=O) groups excluding carboxylic acids is 1. The highest BCUT2D eigenvalue weighted by Crippen LogP contribution is 2.34. The highest BCUT2D eigenvalue weighted by molar-refractivity contribution is 14.1. The Morgan fingerprint density at radius 1 is 1.38 bits per heavy atom. The van der Waals surface area contributed by atoms with Crippen molar-refractivity contribution in [3.63, 3.8) is 0 Å². The third kappa shape index (κ3) is 5.79. The highest BCUT2D eigenvalue weighted by Gasteiger charge is 2.14. The van der Waals surface area contributed by atoms with E-state index < -0.39 is 10.8 Å². The lowest BCUT2D eigenvalue weighted by Crippen LogP contribution is -2.13. The van der Waals surface area contributed by atoms with Crippen molar-refractivity contribution in [2.75, 3.05) is 19.0 Å². The van der Waals surface area contributed by atoms with Crippen LogP contribution in [0.2, 0.25) is 0 Å². The van der Waals surface area contributed by atoms with E-state index in [0.29, 0.717) is 29.4 Å². The summed E-state index contributed by atoms with van der Waals surface area (Å²) < 4.78 is 11.7. The van der Waals surface area contributed by atoms with E-state index in [-0.39, 0.29) is 11.3 Å². The highest BCUT2D eigenvalue weighted by atomic mass is 127. The number of non-ortho nitro benzene ring substituents is 1. The molecule has 0 atom stereocenters. The molecule has 0 aliphatic carbocycles. The molecule has 2 rings (SSSR count). The number of methoxy groups -OCH3 is 1. The second-order valence-electron chi connectivity index (χ2n) is 5.56. The van der Waals surface area contributed by atoms with Gasteiger partial charge in [-0.05, 0) is 58.5 Å². The number of halogens is 1. The van der Waals surface area contributed by atoms with E-state index in [1.165, 1.54) is 37.5 Å². The molecule has 1 amide bonds. The number of anilines is 1. The number of ether oxygens (including phenoxy) is 2. The van der Waals surface area contributed by atoms with Crippen molar-refractivity contribution < 1.29 is 19.2 Å². The lowest BCUT2D eigenvalue weighted by atomic mass is 10.1. The second-order valence-corrected chi connectivity index (χ2v) is 6.72. The molecule has 9 heteroatoms. The van der Waals surface area contributed by atoms with Crippen molar-refractivity contribution in [1.29, 1.82) is 5.26 Å². The number of nitro benzene ring substituents is 1. The zero-order chi connectivity index (χ0) is 21.4. The van der Waals surface area contributed by atoms with Gasteiger partial charge in [0.05, 0.1) is 15.6 Å². The van der Waals surface area contributed by atoms with Gasteiger partial charge in [-0.3, -0.25) is 14.9 Å². The number of nitro groups is 1. The molecule has 0 spiro atoms. The molecule has 1 N–H and O–H groups in total.